The van der Waals surface area contributed by atoms with Crippen LogP contribution < -0.4 is 10.6 Å². The highest BCUT2D eigenvalue weighted by Crippen LogP contribution is 2.29. The summed E-state index contributed by atoms with van der Waals surface area (Å²) in [6, 6.07) is 22.0. The summed E-state index contributed by atoms with van der Waals surface area (Å²) in [5, 5.41) is 26.5. The molecule has 0 saturated carbocycles. The molecule has 6 nitrogen and oxygen atoms in total. The molecule has 0 aliphatic rings. The van der Waals surface area contributed by atoms with E-state index in [2.05, 4.69) is 24.5 Å². The van der Waals surface area contributed by atoms with Crippen LogP contribution in [-0.4, -0.2) is 23.5 Å². The molecule has 3 rings (SSSR count). The van der Waals surface area contributed by atoms with Crippen molar-refractivity contribution in [1.82, 2.24) is 5.32 Å². The van der Waals surface area contributed by atoms with Crippen LogP contribution in [0, 0.1) is 17.2 Å². The van der Waals surface area contributed by atoms with Gasteiger partial charge in [0.05, 0.1) is 10.6 Å². The highest BCUT2D eigenvalue weighted by atomic mass is 35.5. The van der Waals surface area contributed by atoms with Gasteiger partial charge in [0.2, 0.25) is 0 Å². The molecule has 3 aromatic carbocycles. The number of halogens is 1. The summed E-state index contributed by atoms with van der Waals surface area (Å²) in [4.78, 5) is 25.7. The number of anilines is 1. The quantitative estimate of drug-likeness (QED) is 0.391. The average molecular weight is 490 g/mol. The molecule has 0 spiro atoms. The van der Waals surface area contributed by atoms with Crippen molar-refractivity contribution in [1.29, 1.82) is 5.26 Å². The van der Waals surface area contributed by atoms with Gasteiger partial charge in [0, 0.05) is 24.2 Å². The van der Waals surface area contributed by atoms with Crippen LogP contribution in [0.5, 0.6) is 0 Å². The Kier molecular flexibility index (Phi) is 8.64. The predicted molar refractivity (Wildman–Crippen MR) is 137 cm³/mol. The number of amides is 2. The normalized spacial score (nSPS) is 12.5. The lowest BCUT2D eigenvalue weighted by Gasteiger charge is -2.28. The van der Waals surface area contributed by atoms with Gasteiger partial charge in [-0.15, -0.1) is 0 Å². The fourth-order valence-electron chi connectivity index (χ4n) is 3.59. The number of hydrogen-bond acceptors (Lipinski definition) is 4. The number of nitrogens with zero attached hydrogens (tertiary/aromatic N) is 1. The van der Waals surface area contributed by atoms with E-state index < -0.39 is 11.5 Å². The molecule has 35 heavy (non-hydrogen) atoms. The van der Waals surface area contributed by atoms with Gasteiger partial charge in [-0.25, -0.2) is 0 Å². The van der Waals surface area contributed by atoms with Gasteiger partial charge in [0.1, 0.15) is 6.07 Å². The zero-order valence-electron chi connectivity index (χ0n) is 19.7. The average Bonchev–Trinajstić information content (AvgIpc) is 2.84. The summed E-state index contributed by atoms with van der Waals surface area (Å²) in [6.45, 7) is 4.80. The Hall–Kier alpha value is -3.66. The molecule has 1 atom stereocenters. The first-order valence-electron chi connectivity index (χ1n) is 11.4. The first-order valence-corrected chi connectivity index (χ1v) is 11.8. The second kappa shape index (κ2) is 11.7. The van der Waals surface area contributed by atoms with E-state index in [9.17, 15) is 14.7 Å². The minimum atomic E-state index is -1.89. The molecule has 2 amide bonds. The fraction of sp³-hybridized carbons (Fsp3) is 0.250. The number of carbonyl (C=O) groups is 2. The maximum Gasteiger partial charge on any atom is 0.261 e. The van der Waals surface area contributed by atoms with Crippen LogP contribution in [0.2, 0.25) is 5.02 Å². The predicted octanol–water partition coefficient (Wildman–Crippen LogP) is 5.06. The Morgan fingerprint density at radius 3 is 2.34 bits per heavy atom. The zero-order chi connectivity index (χ0) is 25.4. The van der Waals surface area contributed by atoms with Gasteiger partial charge in [-0.3, -0.25) is 9.59 Å². The topological polar surface area (TPSA) is 102 Å². The van der Waals surface area contributed by atoms with Crippen molar-refractivity contribution in [2.75, 3.05) is 11.9 Å². The summed E-state index contributed by atoms with van der Waals surface area (Å²) in [6.07, 6.45) is 0.885. The SMILES string of the molecule is CC(C)CCNC(=O)c1ccc(CC(O)(C(=O)Nc2ccc(C#N)c(Cl)c2)c2ccccc2)cc1. The molecular weight excluding hydrogens is 462 g/mol. The fourth-order valence-corrected chi connectivity index (χ4v) is 3.81. The monoisotopic (exact) mass is 489 g/mol. The Balaban J connectivity index is 1.81. The Labute approximate surface area is 210 Å². The third kappa shape index (κ3) is 6.69. The van der Waals surface area contributed by atoms with Gasteiger partial charge >= 0.3 is 0 Å². The smallest absolute Gasteiger partial charge is 0.261 e. The number of nitrogens with one attached hydrogen (secondary N) is 2. The van der Waals surface area contributed by atoms with Crippen LogP contribution in [0.25, 0.3) is 0 Å². The van der Waals surface area contributed by atoms with Gasteiger partial charge in [0.25, 0.3) is 11.8 Å². The second-order valence-electron chi connectivity index (χ2n) is 8.80. The van der Waals surface area contributed by atoms with Crippen molar-refractivity contribution in [3.8, 4) is 6.07 Å². The minimum Gasteiger partial charge on any atom is -0.375 e. The van der Waals surface area contributed by atoms with E-state index in [4.69, 9.17) is 16.9 Å². The van der Waals surface area contributed by atoms with Crippen LogP contribution in [0.15, 0.2) is 72.8 Å². The molecule has 0 heterocycles. The van der Waals surface area contributed by atoms with Gasteiger partial charge in [0.15, 0.2) is 5.60 Å². The molecule has 0 aliphatic carbocycles. The van der Waals surface area contributed by atoms with Crippen LogP contribution >= 0.6 is 11.6 Å². The first kappa shape index (κ1) is 26.0. The molecule has 7 heteroatoms. The lowest BCUT2D eigenvalue weighted by molar-refractivity contribution is -0.135. The van der Waals surface area contributed by atoms with Gasteiger partial charge in [-0.1, -0.05) is 67.9 Å². The van der Waals surface area contributed by atoms with Gasteiger partial charge < -0.3 is 15.7 Å². The lowest BCUT2D eigenvalue weighted by atomic mass is 9.86. The number of hydrogen-bond donors (Lipinski definition) is 3. The number of aliphatic hydroxyl groups is 1. The molecule has 0 aliphatic heterocycles. The number of nitriles is 1. The number of benzene rings is 3. The van der Waals surface area contributed by atoms with E-state index in [0.717, 1.165) is 6.42 Å². The molecule has 0 fully saturated rings. The summed E-state index contributed by atoms with van der Waals surface area (Å²) in [5.41, 5.74) is 0.384. The number of carbonyl (C=O) groups excluding carboxylic acids is 2. The summed E-state index contributed by atoms with van der Waals surface area (Å²) in [5.74, 6) is -0.300. The van der Waals surface area contributed by atoms with E-state index in [1.165, 1.54) is 12.1 Å². The summed E-state index contributed by atoms with van der Waals surface area (Å²) >= 11 is 6.09. The Morgan fingerprint density at radius 2 is 1.74 bits per heavy atom. The van der Waals surface area contributed by atoms with E-state index >= 15 is 0 Å². The number of rotatable bonds is 9. The van der Waals surface area contributed by atoms with Crippen molar-refractivity contribution in [3.05, 3.63) is 100 Å². The zero-order valence-corrected chi connectivity index (χ0v) is 20.5. The third-order valence-corrected chi connectivity index (χ3v) is 5.97. The Bertz CT molecular complexity index is 1220. The van der Waals surface area contributed by atoms with Gasteiger partial charge in [-0.2, -0.15) is 5.26 Å². The maximum atomic E-state index is 13.3. The molecule has 3 aromatic rings. The molecule has 0 aromatic heterocycles. The second-order valence-corrected chi connectivity index (χ2v) is 9.21. The Morgan fingerprint density at radius 1 is 1.06 bits per heavy atom. The molecule has 0 bridgehead atoms. The first-order chi connectivity index (χ1) is 16.7. The molecule has 180 valence electrons. The van der Waals surface area contributed by atoms with Crippen molar-refractivity contribution in [3.63, 3.8) is 0 Å². The third-order valence-electron chi connectivity index (χ3n) is 5.66. The van der Waals surface area contributed by atoms with Crippen LogP contribution in [0.4, 0.5) is 5.69 Å². The summed E-state index contributed by atoms with van der Waals surface area (Å²) < 4.78 is 0. The van der Waals surface area contributed by atoms with E-state index in [-0.39, 0.29) is 22.9 Å². The van der Waals surface area contributed by atoms with Crippen LogP contribution in [0.3, 0.4) is 0 Å². The van der Waals surface area contributed by atoms with Crippen LogP contribution in [0.1, 0.15) is 47.3 Å². The minimum absolute atomic E-state index is 0.0118. The van der Waals surface area contributed by atoms with Crippen molar-refractivity contribution in [2.24, 2.45) is 5.92 Å². The van der Waals surface area contributed by atoms with E-state index in [0.29, 0.717) is 34.8 Å². The van der Waals surface area contributed by atoms with Crippen molar-refractivity contribution >= 4 is 29.1 Å². The molecular formula is C28H28ClN3O3. The molecule has 3 N–H and O–H groups in total. The standard InChI is InChI=1S/C28H28ClN3O3/c1-19(2)14-15-31-26(33)21-10-8-20(9-11-21)17-28(35,23-6-4-3-5-7-23)27(34)32-24-13-12-22(18-30)25(29)16-24/h3-13,16,19,35H,14-15,17H2,1-2H3,(H,31,33)(H,32,34). The highest BCUT2D eigenvalue weighted by Gasteiger charge is 2.38. The highest BCUT2D eigenvalue weighted by molar-refractivity contribution is 6.32. The molecule has 1 unspecified atom stereocenters. The van der Waals surface area contributed by atoms with Gasteiger partial charge in [-0.05, 0) is 53.8 Å². The largest absolute Gasteiger partial charge is 0.375 e. The lowest BCUT2D eigenvalue weighted by Crippen LogP contribution is -2.42. The van der Waals surface area contributed by atoms with Crippen molar-refractivity contribution < 1.29 is 14.7 Å². The van der Waals surface area contributed by atoms with E-state index in [1.807, 2.05) is 6.07 Å². The van der Waals surface area contributed by atoms with Crippen molar-refractivity contribution in [2.45, 2.75) is 32.3 Å². The van der Waals surface area contributed by atoms with Crippen LogP contribution in [-0.2, 0) is 16.8 Å². The summed E-state index contributed by atoms with van der Waals surface area (Å²) in [7, 11) is 0. The molecule has 0 radical (unpaired) electrons. The van der Waals surface area contributed by atoms with E-state index in [1.54, 1.807) is 60.7 Å². The molecule has 0 saturated heterocycles. The maximum absolute atomic E-state index is 13.3.